The summed E-state index contributed by atoms with van der Waals surface area (Å²) < 4.78 is 28.3. The number of anilines is 1. The number of rotatable bonds is 6. The van der Waals surface area contributed by atoms with Crippen molar-refractivity contribution in [3.8, 4) is 0 Å². The molecule has 2 aromatic carbocycles. The summed E-state index contributed by atoms with van der Waals surface area (Å²) in [6, 6.07) is 16.0. The molecular formula is C20H23BrN2O3S. The van der Waals surface area contributed by atoms with Gasteiger partial charge in [-0.2, -0.15) is 0 Å². The van der Waals surface area contributed by atoms with E-state index < -0.39 is 10.0 Å². The summed E-state index contributed by atoms with van der Waals surface area (Å²) >= 11 is 3.30. The van der Waals surface area contributed by atoms with E-state index in [2.05, 4.69) is 26.0 Å². The largest absolute Gasteiger partial charge is 0.326 e. The number of benzene rings is 2. The van der Waals surface area contributed by atoms with E-state index in [4.69, 9.17) is 0 Å². The van der Waals surface area contributed by atoms with Crippen molar-refractivity contribution in [2.45, 2.75) is 30.6 Å². The Morgan fingerprint density at radius 1 is 0.963 bits per heavy atom. The van der Waals surface area contributed by atoms with Crippen molar-refractivity contribution in [2.24, 2.45) is 11.8 Å². The van der Waals surface area contributed by atoms with Gasteiger partial charge in [-0.1, -0.05) is 34.1 Å². The Morgan fingerprint density at radius 3 is 2.22 bits per heavy atom. The van der Waals surface area contributed by atoms with Gasteiger partial charge in [-0.05, 0) is 68.0 Å². The third-order valence-electron chi connectivity index (χ3n) is 4.94. The monoisotopic (exact) mass is 450 g/mol. The number of hydrogen-bond donors (Lipinski definition) is 2. The van der Waals surface area contributed by atoms with E-state index in [0.29, 0.717) is 6.54 Å². The van der Waals surface area contributed by atoms with Gasteiger partial charge in [0.05, 0.1) is 4.90 Å². The quantitative estimate of drug-likeness (QED) is 0.692. The minimum atomic E-state index is -3.50. The van der Waals surface area contributed by atoms with Gasteiger partial charge in [-0.25, -0.2) is 13.1 Å². The van der Waals surface area contributed by atoms with E-state index in [1.807, 2.05) is 30.3 Å². The van der Waals surface area contributed by atoms with Crippen LogP contribution in [0.15, 0.2) is 64.0 Å². The second-order valence-corrected chi connectivity index (χ2v) is 9.56. The van der Waals surface area contributed by atoms with Gasteiger partial charge in [-0.3, -0.25) is 4.79 Å². The lowest BCUT2D eigenvalue weighted by atomic mass is 9.81. The van der Waals surface area contributed by atoms with E-state index in [-0.39, 0.29) is 22.6 Å². The topological polar surface area (TPSA) is 75.3 Å². The fraction of sp³-hybridized carbons (Fsp3) is 0.350. The first-order chi connectivity index (χ1) is 12.9. The van der Waals surface area contributed by atoms with Gasteiger partial charge in [0, 0.05) is 22.6 Å². The summed E-state index contributed by atoms with van der Waals surface area (Å²) in [4.78, 5) is 12.6. The van der Waals surface area contributed by atoms with Crippen LogP contribution in [0.3, 0.4) is 0 Å². The zero-order valence-corrected chi connectivity index (χ0v) is 17.3. The molecule has 1 amide bonds. The van der Waals surface area contributed by atoms with E-state index in [0.717, 1.165) is 35.8 Å². The molecule has 3 rings (SSSR count). The molecule has 0 spiro atoms. The third-order valence-corrected chi connectivity index (χ3v) is 6.91. The maximum absolute atomic E-state index is 12.4. The number of carbonyl (C=O) groups is 1. The second-order valence-electron chi connectivity index (χ2n) is 6.88. The number of amides is 1. The van der Waals surface area contributed by atoms with Crippen LogP contribution in [-0.4, -0.2) is 20.9 Å². The molecule has 1 fully saturated rings. The fourth-order valence-corrected chi connectivity index (χ4v) is 4.70. The first-order valence-electron chi connectivity index (χ1n) is 9.05. The van der Waals surface area contributed by atoms with Crippen LogP contribution in [0, 0.1) is 11.8 Å². The maximum atomic E-state index is 12.4. The molecule has 144 valence electrons. The number of nitrogens with one attached hydrogen (secondary N) is 2. The number of carbonyl (C=O) groups excluding carboxylic acids is 1. The van der Waals surface area contributed by atoms with Crippen molar-refractivity contribution in [3.05, 3.63) is 59.1 Å². The van der Waals surface area contributed by atoms with Gasteiger partial charge in [0.15, 0.2) is 0 Å². The lowest BCUT2D eigenvalue weighted by molar-refractivity contribution is -0.121. The van der Waals surface area contributed by atoms with Gasteiger partial charge >= 0.3 is 0 Å². The highest BCUT2D eigenvalue weighted by molar-refractivity contribution is 9.10. The number of sulfonamides is 1. The van der Waals surface area contributed by atoms with Crippen LogP contribution in [0.2, 0.25) is 0 Å². The Labute approximate surface area is 168 Å². The normalized spacial score (nSPS) is 20.2. The predicted octanol–water partition coefficient (Wildman–Crippen LogP) is 4.17. The van der Waals surface area contributed by atoms with Crippen LogP contribution >= 0.6 is 15.9 Å². The Kier molecular flexibility index (Phi) is 6.68. The zero-order chi connectivity index (χ0) is 19.3. The molecule has 27 heavy (non-hydrogen) atoms. The molecular weight excluding hydrogens is 428 g/mol. The standard InChI is InChI=1S/C20H23BrN2O3S/c21-17-10-12-19(13-11-17)27(25,26)22-14-15-6-8-16(9-7-15)20(24)23-18-4-2-1-3-5-18/h1-5,10-13,15-16,22H,6-9,14H2,(H,23,24). The Morgan fingerprint density at radius 2 is 1.59 bits per heavy atom. The molecule has 0 saturated heterocycles. The molecule has 0 aliphatic heterocycles. The van der Waals surface area contributed by atoms with Crippen molar-refractivity contribution in [3.63, 3.8) is 0 Å². The molecule has 0 unspecified atom stereocenters. The van der Waals surface area contributed by atoms with E-state index in [1.165, 1.54) is 0 Å². The number of halogens is 1. The summed E-state index contributed by atoms with van der Waals surface area (Å²) in [5.41, 5.74) is 0.812. The molecule has 2 aromatic rings. The molecule has 0 heterocycles. The molecule has 1 aliphatic carbocycles. The minimum absolute atomic E-state index is 0.00969. The molecule has 7 heteroatoms. The third kappa shape index (κ3) is 5.64. The highest BCUT2D eigenvalue weighted by Gasteiger charge is 2.27. The molecule has 1 saturated carbocycles. The summed E-state index contributed by atoms with van der Waals surface area (Å²) in [6.07, 6.45) is 3.25. The van der Waals surface area contributed by atoms with E-state index >= 15 is 0 Å². The average Bonchev–Trinajstić information content (AvgIpc) is 2.68. The molecule has 0 radical (unpaired) electrons. The summed E-state index contributed by atoms with van der Waals surface area (Å²) in [6.45, 7) is 0.408. The summed E-state index contributed by atoms with van der Waals surface area (Å²) in [5.74, 6) is 0.302. The lowest BCUT2D eigenvalue weighted by Crippen LogP contribution is -2.33. The molecule has 5 nitrogen and oxygen atoms in total. The van der Waals surface area contributed by atoms with Gasteiger partial charge < -0.3 is 5.32 Å². The van der Waals surface area contributed by atoms with Crippen molar-refractivity contribution in [1.29, 1.82) is 0 Å². The maximum Gasteiger partial charge on any atom is 0.240 e. The van der Waals surface area contributed by atoms with Crippen LogP contribution in [0.5, 0.6) is 0 Å². The van der Waals surface area contributed by atoms with Gasteiger partial charge in [0.1, 0.15) is 0 Å². The van der Waals surface area contributed by atoms with Gasteiger partial charge in [0.2, 0.25) is 15.9 Å². The molecule has 1 aliphatic rings. The Balaban J connectivity index is 1.46. The molecule has 2 N–H and O–H groups in total. The smallest absolute Gasteiger partial charge is 0.240 e. The number of hydrogen-bond acceptors (Lipinski definition) is 3. The van der Waals surface area contributed by atoms with Crippen molar-refractivity contribution >= 4 is 37.5 Å². The summed E-state index contributed by atoms with van der Waals surface area (Å²) in [5, 5.41) is 2.95. The van der Waals surface area contributed by atoms with E-state index in [9.17, 15) is 13.2 Å². The van der Waals surface area contributed by atoms with Crippen LogP contribution < -0.4 is 10.0 Å². The molecule has 0 bridgehead atoms. The first-order valence-corrected chi connectivity index (χ1v) is 11.3. The fourth-order valence-electron chi connectivity index (χ4n) is 3.32. The Hall–Kier alpha value is -1.70. The first kappa shape index (κ1) is 20.0. The lowest BCUT2D eigenvalue weighted by Gasteiger charge is -2.27. The number of para-hydroxylation sites is 1. The SMILES string of the molecule is O=C(Nc1ccccc1)C1CCC(CNS(=O)(=O)c2ccc(Br)cc2)CC1. The minimum Gasteiger partial charge on any atom is -0.326 e. The molecule has 0 aromatic heterocycles. The van der Waals surface area contributed by atoms with Gasteiger partial charge in [0.25, 0.3) is 0 Å². The second kappa shape index (κ2) is 8.99. The molecule has 0 atom stereocenters. The zero-order valence-electron chi connectivity index (χ0n) is 14.9. The van der Waals surface area contributed by atoms with Crippen molar-refractivity contribution < 1.29 is 13.2 Å². The Bertz CT molecular complexity index is 862. The van der Waals surface area contributed by atoms with Crippen LogP contribution in [-0.2, 0) is 14.8 Å². The van der Waals surface area contributed by atoms with E-state index in [1.54, 1.807) is 24.3 Å². The highest BCUT2D eigenvalue weighted by atomic mass is 79.9. The van der Waals surface area contributed by atoms with Crippen LogP contribution in [0.1, 0.15) is 25.7 Å². The van der Waals surface area contributed by atoms with Crippen LogP contribution in [0.4, 0.5) is 5.69 Å². The van der Waals surface area contributed by atoms with Crippen LogP contribution in [0.25, 0.3) is 0 Å². The highest BCUT2D eigenvalue weighted by Crippen LogP contribution is 2.29. The summed E-state index contributed by atoms with van der Waals surface area (Å²) in [7, 11) is -3.50. The van der Waals surface area contributed by atoms with Crippen molar-refractivity contribution in [2.75, 3.05) is 11.9 Å². The average molecular weight is 451 g/mol. The van der Waals surface area contributed by atoms with Gasteiger partial charge in [-0.15, -0.1) is 0 Å². The van der Waals surface area contributed by atoms with Crippen molar-refractivity contribution in [1.82, 2.24) is 4.72 Å². The predicted molar refractivity (Wildman–Crippen MR) is 110 cm³/mol.